The Balaban J connectivity index is 1.90. The van der Waals surface area contributed by atoms with Gasteiger partial charge in [0.05, 0.1) is 17.3 Å². The van der Waals surface area contributed by atoms with Crippen LogP contribution in [0.1, 0.15) is 43.0 Å². The van der Waals surface area contributed by atoms with Crippen LogP contribution in [0.25, 0.3) is 0 Å². The van der Waals surface area contributed by atoms with Crippen molar-refractivity contribution in [1.82, 2.24) is 0 Å². The van der Waals surface area contributed by atoms with E-state index in [0.29, 0.717) is 11.0 Å². The average Bonchev–Trinajstić information content (AvgIpc) is 2.44. The molecule has 2 atom stereocenters. The van der Waals surface area contributed by atoms with Gasteiger partial charge in [0.25, 0.3) is 0 Å². The van der Waals surface area contributed by atoms with E-state index in [2.05, 4.69) is 22.9 Å². The molecule has 1 aliphatic rings. The molecule has 4 heteroatoms. The molecule has 1 aliphatic carbocycles. The first kappa shape index (κ1) is 15.9. The van der Waals surface area contributed by atoms with Gasteiger partial charge >= 0.3 is 0 Å². The number of halogens is 1. The lowest BCUT2D eigenvalue weighted by Gasteiger charge is -2.25. The standard InChI is InChI=1S/C16H21BrO2S/c1-11-4-3-5-13(8-11)20-10-15(18)12-6-7-16(19-2)14(17)9-12/h6-7,9,11,13H,3-5,8,10H2,1-2H3. The van der Waals surface area contributed by atoms with Crippen molar-refractivity contribution in [3.63, 3.8) is 0 Å². The fourth-order valence-corrected chi connectivity index (χ4v) is 4.54. The lowest BCUT2D eigenvalue weighted by Crippen LogP contribution is -2.17. The van der Waals surface area contributed by atoms with Gasteiger partial charge < -0.3 is 4.74 Å². The third-order valence-corrected chi connectivity index (χ3v) is 5.76. The van der Waals surface area contributed by atoms with Gasteiger partial charge in [-0.25, -0.2) is 0 Å². The Morgan fingerprint density at radius 1 is 1.45 bits per heavy atom. The van der Waals surface area contributed by atoms with Crippen LogP contribution in [0.2, 0.25) is 0 Å². The zero-order valence-electron chi connectivity index (χ0n) is 12.0. The molecule has 2 unspecified atom stereocenters. The van der Waals surface area contributed by atoms with Crippen LogP contribution in [-0.2, 0) is 0 Å². The molecule has 1 saturated carbocycles. The summed E-state index contributed by atoms with van der Waals surface area (Å²) in [6.45, 7) is 2.31. The molecule has 2 rings (SSSR count). The number of ether oxygens (including phenoxy) is 1. The molecule has 1 aromatic carbocycles. The van der Waals surface area contributed by atoms with Crippen molar-refractivity contribution in [2.24, 2.45) is 5.92 Å². The molecule has 20 heavy (non-hydrogen) atoms. The number of rotatable bonds is 5. The summed E-state index contributed by atoms with van der Waals surface area (Å²) >= 11 is 5.25. The Morgan fingerprint density at radius 2 is 2.25 bits per heavy atom. The van der Waals surface area contributed by atoms with Crippen LogP contribution in [0.4, 0.5) is 0 Å². The topological polar surface area (TPSA) is 26.3 Å². The monoisotopic (exact) mass is 356 g/mol. The highest BCUT2D eigenvalue weighted by Gasteiger charge is 2.20. The summed E-state index contributed by atoms with van der Waals surface area (Å²) in [6.07, 6.45) is 5.16. The number of Topliss-reactive ketones (excluding diaryl/α,β-unsaturated/α-hetero) is 1. The quantitative estimate of drug-likeness (QED) is 0.698. The summed E-state index contributed by atoms with van der Waals surface area (Å²) in [5.41, 5.74) is 0.758. The summed E-state index contributed by atoms with van der Waals surface area (Å²) in [5, 5.41) is 0.657. The van der Waals surface area contributed by atoms with E-state index in [1.165, 1.54) is 25.7 Å². The van der Waals surface area contributed by atoms with Gasteiger partial charge in [-0.15, -0.1) is 0 Å². The molecule has 0 amide bonds. The third kappa shape index (κ3) is 4.26. The van der Waals surface area contributed by atoms with E-state index in [1.807, 2.05) is 30.0 Å². The Kier molecular flexibility index (Phi) is 5.97. The predicted octanol–water partition coefficient (Wildman–Crippen LogP) is 4.95. The van der Waals surface area contributed by atoms with Gasteiger partial charge in [0.15, 0.2) is 5.78 Å². The average molecular weight is 357 g/mol. The van der Waals surface area contributed by atoms with Gasteiger partial charge in [0.1, 0.15) is 5.75 Å². The van der Waals surface area contributed by atoms with Gasteiger partial charge in [-0.3, -0.25) is 4.79 Å². The van der Waals surface area contributed by atoms with Crippen molar-refractivity contribution in [3.05, 3.63) is 28.2 Å². The molecular weight excluding hydrogens is 336 g/mol. The van der Waals surface area contributed by atoms with Crippen LogP contribution < -0.4 is 4.74 Å². The van der Waals surface area contributed by atoms with Crippen molar-refractivity contribution in [2.75, 3.05) is 12.9 Å². The molecular formula is C16H21BrO2S. The molecule has 0 N–H and O–H groups in total. The fraction of sp³-hybridized carbons (Fsp3) is 0.562. The first-order valence-corrected chi connectivity index (χ1v) is 8.92. The minimum absolute atomic E-state index is 0.205. The number of methoxy groups -OCH3 is 1. The zero-order chi connectivity index (χ0) is 14.5. The second-order valence-corrected chi connectivity index (χ2v) is 7.62. The number of hydrogen-bond acceptors (Lipinski definition) is 3. The summed E-state index contributed by atoms with van der Waals surface area (Å²) in [6, 6.07) is 5.53. The fourth-order valence-electron chi connectivity index (χ4n) is 2.65. The molecule has 0 radical (unpaired) electrons. The van der Waals surface area contributed by atoms with Gasteiger partial charge in [-0.2, -0.15) is 11.8 Å². The highest BCUT2D eigenvalue weighted by Crippen LogP contribution is 2.32. The van der Waals surface area contributed by atoms with Crippen molar-refractivity contribution < 1.29 is 9.53 Å². The summed E-state index contributed by atoms with van der Waals surface area (Å²) in [4.78, 5) is 12.2. The number of thioether (sulfide) groups is 1. The van der Waals surface area contributed by atoms with E-state index < -0.39 is 0 Å². The normalized spacial score (nSPS) is 22.6. The molecule has 2 nitrogen and oxygen atoms in total. The smallest absolute Gasteiger partial charge is 0.172 e. The molecule has 1 fully saturated rings. The number of carbonyl (C=O) groups is 1. The first-order chi connectivity index (χ1) is 9.60. The van der Waals surface area contributed by atoms with Crippen molar-refractivity contribution in [2.45, 2.75) is 37.9 Å². The largest absolute Gasteiger partial charge is 0.496 e. The summed E-state index contributed by atoms with van der Waals surface area (Å²) in [7, 11) is 1.63. The molecule has 110 valence electrons. The lowest BCUT2D eigenvalue weighted by atomic mass is 9.91. The molecule has 0 heterocycles. The van der Waals surface area contributed by atoms with Crippen molar-refractivity contribution in [1.29, 1.82) is 0 Å². The number of hydrogen-bond donors (Lipinski definition) is 0. The van der Waals surface area contributed by atoms with Crippen LogP contribution >= 0.6 is 27.7 Å². The van der Waals surface area contributed by atoms with E-state index in [4.69, 9.17) is 4.74 Å². The maximum Gasteiger partial charge on any atom is 0.172 e. The van der Waals surface area contributed by atoms with E-state index >= 15 is 0 Å². The Morgan fingerprint density at radius 3 is 2.90 bits per heavy atom. The van der Waals surface area contributed by atoms with Crippen molar-refractivity contribution in [3.8, 4) is 5.75 Å². The van der Waals surface area contributed by atoms with Crippen LogP contribution in [0, 0.1) is 5.92 Å². The van der Waals surface area contributed by atoms with E-state index in [1.54, 1.807) is 7.11 Å². The predicted molar refractivity (Wildman–Crippen MR) is 88.9 cm³/mol. The number of ketones is 1. The Bertz CT molecular complexity index is 476. The van der Waals surface area contributed by atoms with Crippen LogP contribution in [-0.4, -0.2) is 23.9 Å². The molecule has 0 bridgehead atoms. The van der Waals surface area contributed by atoms with Crippen LogP contribution in [0.15, 0.2) is 22.7 Å². The van der Waals surface area contributed by atoms with E-state index in [-0.39, 0.29) is 5.78 Å². The minimum atomic E-state index is 0.205. The number of benzene rings is 1. The molecule has 0 aliphatic heterocycles. The second kappa shape index (κ2) is 7.51. The van der Waals surface area contributed by atoms with Gasteiger partial charge in [0, 0.05) is 10.8 Å². The highest BCUT2D eigenvalue weighted by molar-refractivity contribution is 9.10. The number of carbonyl (C=O) groups excluding carboxylic acids is 1. The van der Waals surface area contributed by atoms with Crippen LogP contribution in [0.3, 0.4) is 0 Å². The minimum Gasteiger partial charge on any atom is -0.496 e. The van der Waals surface area contributed by atoms with Gasteiger partial charge in [-0.05, 0) is 52.9 Å². The van der Waals surface area contributed by atoms with Gasteiger partial charge in [0.2, 0.25) is 0 Å². The Hall–Kier alpha value is -0.480. The van der Waals surface area contributed by atoms with E-state index in [9.17, 15) is 4.79 Å². The first-order valence-electron chi connectivity index (χ1n) is 7.08. The summed E-state index contributed by atoms with van der Waals surface area (Å²) < 4.78 is 6.02. The SMILES string of the molecule is COc1ccc(C(=O)CSC2CCCC(C)C2)cc1Br. The second-order valence-electron chi connectivity index (χ2n) is 5.48. The molecule has 1 aromatic rings. The van der Waals surface area contributed by atoms with Crippen LogP contribution in [0.5, 0.6) is 5.75 Å². The highest BCUT2D eigenvalue weighted by atomic mass is 79.9. The maximum absolute atomic E-state index is 12.2. The molecule has 0 spiro atoms. The molecule has 0 saturated heterocycles. The Labute approximate surface area is 133 Å². The lowest BCUT2D eigenvalue weighted by molar-refractivity contribution is 0.102. The third-order valence-electron chi connectivity index (χ3n) is 3.81. The maximum atomic E-state index is 12.2. The van der Waals surface area contributed by atoms with E-state index in [0.717, 1.165) is 21.7 Å². The molecule has 0 aromatic heterocycles. The zero-order valence-corrected chi connectivity index (χ0v) is 14.4. The summed E-state index contributed by atoms with van der Waals surface area (Å²) in [5.74, 6) is 2.36. The van der Waals surface area contributed by atoms with Crippen molar-refractivity contribution >= 4 is 33.5 Å². The van der Waals surface area contributed by atoms with Gasteiger partial charge in [-0.1, -0.05) is 19.8 Å².